The third-order valence-electron chi connectivity index (χ3n) is 3.44. The fraction of sp³-hybridized carbons (Fsp3) is 0. The molecule has 0 heterocycles. The van der Waals surface area contributed by atoms with Crippen molar-refractivity contribution in [3.63, 3.8) is 0 Å². The van der Waals surface area contributed by atoms with Crippen LogP contribution < -0.4 is 11.5 Å². The molecule has 0 aliphatic carbocycles. The second-order valence-corrected chi connectivity index (χ2v) is 4.63. The number of benzene rings is 3. The molecule has 4 N–H and O–H groups in total. The molecule has 0 radical (unpaired) electrons. The van der Waals surface area contributed by atoms with E-state index in [1.165, 1.54) is 0 Å². The lowest BCUT2D eigenvalue weighted by atomic mass is 9.93. The Bertz CT molecular complexity index is 844. The van der Waals surface area contributed by atoms with Crippen LogP contribution in [0, 0.1) is 11.3 Å². The minimum Gasteiger partial charge on any atom is -0.398 e. The number of nitrogens with zero attached hydrogens (tertiary/aromatic N) is 1. The largest absolute Gasteiger partial charge is 0.398 e. The van der Waals surface area contributed by atoms with Crippen molar-refractivity contribution >= 4 is 22.1 Å². The first-order chi connectivity index (χ1) is 9.72. The Labute approximate surface area is 117 Å². The number of nitriles is 1. The lowest BCUT2D eigenvalue weighted by molar-refractivity contribution is 1.48. The molecule has 96 valence electrons. The zero-order chi connectivity index (χ0) is 14.1. The lowest BCUT2D eigenvalue weighted by Gasteiger charge is -2.13. The highest BCUT2D eigenvalue weighted by atomic mass is 14.6. The maximum absolute atomic E-state index is 9.28. The number of hydrogen-bond acceptors (Lipinski definition) is 3. The highest BCUT2D eigenvalue weighted by Gasteiger charge is 2.12. The second-order valence-electron chi connectivity index (χ2n) is 4.63. The van der Waals surface area contributed by atoms with E-state index in [4.69, 9.17) is 11.5 Å². The average Bonchev–Trinajstić information content (AvgIpc) is 2.47. The molecule has 3 heteroatoms. The van der Waals surface area contributed by atoms with Gasteiger partial charge in [0.1, 0.15) is 0 Å². The van der Waals surface area contributed by atoms with Crippen molar-refractivity contribution in [1.82, 2.24) is 0 Å². The van der Waals surface area contributed by atoms with Crippen LogP contribution in [0.25, 0.3) is 21.9 Å². The minimum absolute atomic E-state index is 0.606. The molecule has 0 bridgehead atoms. The summed E-state index contributed by atoms with van der Waals surface area (Å²) in [6.45, 7) is 0. The van der Waals surface area contributed by atoms with Gasteiger partial charge in [-0.25, -0.2) is 0 Å². The van der Waals surface area contributed by atoms with Crippen LogP contribution in [-0.4, -0.2) is 0 Å². The Kier molecular flexibility index (Phi) is 2.77. The summed E-state index contributed by atoms with van der Waals surface area (Å²) in [5.41, 5.74) is 15.8. The molecule has 0 aliphatic rings. The van der Waals surface area contributed by atoms with Crippen LogP contribution in [0.3, 0.4) is 0 Å². The van der Waals surface area contributed by atoms with Crippen molar-refractivity contribution in [3.05, 3.63) is 60.2 Å². The van der Waals surface area contributed by atoms with Gasteiger partial charge in [0.25, 0.3) is 0 Å². The van der Waals surface area contributed by atoms with Gasteiger partial charge in [0.15, 0.2) is 0 Å². The molecule has 0 aromatic heterocycles. The van der Waals surface area contributed by atoms with E-state index in [1.54, 1.807) is 6.07 Å². The SMILES string of the molecule is N#Cc1ccccc1-c1c(N)ccc2c(N)cccc12. The number of anilines is 2. The van der Waals surface area contributed by atoms with Crippen molar-refractivity contribution in [1.29, 1.82) is 5.26 Å². The topological polar surface area (TPSA) is 75.8 Å². The average molecular weight is 259 g/mol. The van der Waals surface area contributed by atoms with Crippen molar-refractivity contribution in [2.45, 2.75) is 0 Å². The van der Waals surface area contributed by atoms with Gasteiger partial charge >= 0.3 is 0 Å². The van der Waals surface area contributed by atoms with E-state index < -0.39 is 0 Å². The number of nitrogen functional groups attached to an aromatic ring is 2. The lowest BCUT2D eigenvalue weighted by Crippen LogP contribution is -1.95. The standard InChI is InChI=1S/C17H13N3/c18-10-11-4-1-2-5-12(11)17-14-6-3-7-15(19)13(14)8-9-16(17)20/h1-9H,19-20H2. The van der Waals surface area contributed by atoms with Gasteiger partial charge in [-0.1, -0.05) is 36.4 Å². The molecule has 3 aromatic carbocycles. The van der Waals surface area contributed by atoms with E-state index in [1.807, 2.05) is 48.5 Å². The van der Waals surface area contributed by atoms with Gasteiger partial charge in [0, 0.05) is 27.9 Å². The Morgan fingerprint density at radius 1 is 0.750 bits per heavy atom. The molecule has 3 aromatic rings. The van der Waals surface area contributed by atoms with Crippen molar-refractivity contribution in [2.75, 3.05) is 11.5 Å². The third-order valence-corrected chi connectivity index (χ3v) is 3.44. The quantitative estimate of drug-likeness (QED) is 0.656. The first-order valence-corrected chi connectivity index (χ1v) is 6.28. The van der Waals surface area contributed by atoms with Gasteiger partial charge in [0.2, 0.25) is 0 Å². The molecule has 3 nitrogen and oxygen atoms in total. The van der Waals surface area contributed by atoms with Gasteiger partial charge in [-0.2, -0.15) is 5.26 Å². The normalized spacial score (nSPS) is 10.3. The van der Waals surface area contributed by atoms with Crippen LogP contribution in [-0.2, 0) is 0 Å². The number of hydrogen-bond donors (Lipinski definition) is 2. The molecule has 0 unspecified atom stereocenters. The van der Waals surface area contributed by atoms with Crippen LogP contribution in [0.4, 0.5) is 11.4 Å². The Morgan fingerprint density at radius 3 is 2.35 bits per heavy atom. The molecule has 0 spiro atoms. The highest BCUT2D eigenvalue weighted by molar-refractivity contribution is 6.07. The van der Waals surface area contributed by atoms with Crippen molar-refractivity contribution in [2.24, 2.45) is 0 Å². The first-order valence-electron chi connectivity index (χ1n) is 6.28. The Hall–Kier alpha value is -2.99. The molecule has 0 saturated heterocycles. The zero-order valence-corrected chi connectivity index (χ0v) is 10.8. The number of nitrogens with two attached hydrogens (primary N) is 2. The first kappa shape index (κ1) is 12.1. The smallest absolute Gasteiger partial charge is 0.0998 e. The summed E-state index contributed by atoms with van der Waals surface area (Å²) in [5.74, 6) is 0. The summed E-state index contributed by atoms with van der Waals surface area (Å²) >= 11 is 0. The van der Waals surface area contributed by atoms with Crippen molar-refractivity contribution in [3.8, 4) is 17.2 Å². The Balaban J connectivity index is 2.45. The minimum atomic E-state index is 0.606. The summed E-state index contributed by atoms with van der Waals surface area (Å²) in [4.78, 5) is 0. The summed E-state index contributed by atoms with van der Waals surface area (Å²) in [6, 6.07) is 19.1. The maximum Gasteiger partial charge on any atom is 0.0998 e. The highest BCUT2D eigenvalue weighted by Crippen LogP contribution is 2.37. The van der Waals surface area contributed by atoms with E-state index >= 15 is 0 Å². The van der Waals surface area contributed by atoms with Crippen LogP contribution in [0.1, 0.15) is 5.56 Å². The van der Waals surface area contributed by atoms with Crippen LogP contribution in [0.15, 0.2) is 54.6 Å². The summed E-state index contributed by atoms with van der Waals surface area (Å²) in [7, 11) is 0. The molecular weight excluding hydrogens is 246 g/mol. The third kappa shape index (κ3) is 1.75. The van der Waals surface area contributed by atoms with E-state index in [2.05, 4.69) is 6.07 Å². The van der Waals surface area contributed by atoms with E-state index in [9.17, 15) is 5.26 Å². The number of fused-ring (bicyclic) bond motifs is 1. The van der Waals surface area contributed by atoms with Crippen LogP contribution >= 0.6 is 0 Å². The molecule has 3 rings (SSSR count). The summed E-state index contributed by atoms with van der Waals surface area (Å²) < 4.78 is 0. The molecule has 0 atom stereocenters. The van der Waals surface area contributed by atoms with Gasteiger partial charge in [0.05, 0.1) is 11.6 Å². The van der Waals surface area contributed by atoms with Crippen LogP contribution in [0.2, 0.25) is 0 Å². The van der Waals surface area contributed by atoms with Crippen molar-refractivity contribution < 1.29 is 0 Å². The maximum atomic E-state index is 9.28. The summed E-state index contributed by atoms with van der Waals surface area (Å²) in [5, 5.41) is 11.2. The van der Waals surface area contributed by atoms with E-state index in [0.29, 0.717) is 16.9 Å². The molecular formula is C17H13N3. The Morgan fingerprint density at radius 2 is 1.55 bits per heavy atom. The van der Waals surface area contributed by atoms with Gasteiger partial charge in [-0.15, -0.1) is 0 Å². The molecule has 0 saturated carbocycles. The predicted octanol–water partition coefficient (Wildman–Crippen LogP) is 3.54. The van der Waals surface area contributed by atoms with E-state index in [0.717, 1.165) is 21.9 Å². The number of rotatable bonds is 1. The monoisotopic (exact) mass is 259 g/mol. The molecule has 20 heavy (non-hydrogen) atoms. The molecule has 0 aliphatic heterocycles. The predicted molar refractivity (Wildman–Crippen MR) is 82.9 cm³/mol. The van der Waals surface area contributed by atoms with Gasteiger partial charge < -0.3 is 11.5 Å². The van der Waals surface area contributed by atoms with Gasteiger partial charge in [-0.05, 0) is 23.6 Å². The second kappa shape index (κ2) is 4.60. The van der Waals surface area contributed by atoms with Crippen LogP contribution in [0.5, 0.6) is 0 Å². The summed E-state index contributed by atoms with van der Waals surface area (Å²) in [6.07, 6.45) is 0. The van der Waals surface area contributed by atoms with E-state index in [-0.39, 0.29) is 0 Å². The van der Waals surface area contributed by atoms with Gasteiger partial charge in [-0.3, -0.25) is 0 Å². The zero-order valence-electron chi connectivity index (χ0n) is 10.8. The molecule has 0 fully saturated rings. The fourth-order valence-corrected chi connectivity index (χ4v) is 2.50. The fourth-order valence-electron chi connectivity index (χ4n) is 2.50. The molecule has 0 amide bonds.